The summed E-state index contributed by atoms with van der Waals surface area (Å²) in [5.41, 5.74) is 3.51. The van der Waals surface area contributed by atoms with Crippen molar-refractivity contribution in [1.29, 1.82) is 0 Å². The lowest BCUT2D eigenvalue weighted by Crippen LogP contribution is -2.45. The average Bonchev–Trinajstić information content (AvgIpc) is 3.35. The third-order valence-corrected chi connectivity index (χ3v) is 6.93. The minimum Gasteiger partial charge on any atom is -0.321 e. The number of fused-ring (bicyclic) bond motifs is 2. The van der Waals surface area contributed by atoms with Gasteiger partial charge >= 0.3 is 0 Å². The molecule has 3 aromatic rings. The number of H-pyrrole nitrogens is 2. The van der Waals surface area contributed by atoms with Crippen LogP contribution in [0.1, 0.15) is 63.6 Å². The molecule has 0 aromatic carbocycles. The van der Waals surface area contributed by atoms with Gasteiger partial charge in [-0.25, -0.2) is 14.4 Å². The molecule has 0 radical (unpaired) electrons. The Kier molecular flexibility index (Phi) is 4.64. The van der Waals surface area contributed by atoms with Gasteiger partial charge in [0, 0.05) is 18.3 Å². The van der Waals surface area contributed by atoms with E-state index in [2.05, 4.69) is 34.0 Å². The molecular weight excluding hydrogens is 395 g/mol. The van der Waals surface area contributed by atoms with Crippen LogP contribution in [0.5, 0.6) is 0 Å². The Hall–Kier alpha value is -2.77. The molecule has 0 unspecified atom stereocenters. The third-order valence-electron chi connectivity index (χ3n) is 6.93. The monoisotopic (exact) mass is 424 g/mol. The van der Waals surface area contributed by atoms with Gasteiger partial charge in [0.2, 0.25) is 0 Å². The second kappa shape index (κ2) is 7.14. The number of alkyl halides is 1. The Balaban J connectivity index is 1.44. The van der Waals surface area contributed by atoms with E-state index in [-0.39, 0.29) is 5.41 Å². The lowest BCUT2D eigenvalue weighted by Gasteiger charge is -2.31. The quantitative estimate of drug-likeness (QED) is 0.648. The molecule has 7 nitrogen and oxygen atoms in total. The van der Waals surface area contributed by atoms with Crippen molar-refractivity contribution in [3.05, 3.63) is 23.5 Å². The molecule has 31 heavy (non-hydrogen) atoms. The van der Waals surface area contributed by atoms with Crippen molar-refractivity contribution in [2.45, 2.75) is 70.9 Å². The standard InChI is InChI=1S/C23H29FN6O/c1-22(2)10-7-15-17(12-22)28-29-18(15)20-26-16-11-14(13-25-19(16)27-20)30(3)21(31)23(24)8-5-4-6-9-23/h11,13H,4-10,12H2,1-3H3,(H,28,29)(H,25,26,27). The lowest BCUT2D eigenvalue weighted by molar-refractivity contribution is -0.131. The summed E-state index contributed by atoms with van der Waals surface area (Å²) in [4.78, 5) is 26.6. The fourth-order valence-electron chi connectivity index (χ4n) is 4.97. The highest BCUT2D eigenvalue weighted by molar-refractivity contribution is 6.00. The highest BCUT2D eigenvalue weighted by Crippen LogP contribution is 2.38. The maximum atomic E-state index is 15.2. The summed E-state index contributed by atoms with van der Waals surface area (Å²) in [6.07, 6.45) is 7.70. The van der Waals surface area contributed by atoms with E-state index in [0.29, 0.717) is 35.5 Å². The van der Waals surface area contributed by atoms with Crippen molar-refractivity contribution in [2.24, 2.45) is 5.41 Å². The van der Waals surface area contributed by atoms with Crippen LogP contribution in [0, 0.1) is 5.41 Å². The van der Waals surface area contributed by atoms with E-state index in [4.69, 9.17) is 4.98 Å². The molecule has 2 aliphatic rings. The zero-order valence-corrected chi connectivity index (χ0v) is 18.4. The van der Waals surface area contributed by atoms with E-state index in [0.717, 1.165) is 44.2 Å². The molecule has 1 amide bonds. The molecule has 0 atom stereocenters. The van der Waals surface area contributed by atoms with Crippen molar-refractivity contribution >= 4 is 22.8 Å². The number of rotatable bonds is 3. The fraction of sp³-hybridized carbons (Fsp3) is 0.565. The van der Waals surface area contributed by atoms with E-state index in [9.17, 15) is 4.79 Å². The second-order valence-electron chi connectivity index (χ2n) is 9.91. The SMILES string of the molecule is CN(C(=O)C1(F)CCCCC1)c1cnc2[nH]c(-c3n[nH]c4c3CCC(C)(C)C4)nc2c1. The summed E-state index contributed by atoms with van der Waals surface area (Å²) in [6.45, 7) is 4.55. The van der Waals surface area contributed by atoms with Gasteiger partial charge in [-0.15, -0.1) is 0 Å². The number of carbonyl (C=O) groups excluding carboxylic acids is 1. The maximum absolute atomic E-state index is 15.2. The first-order chi connectivity index (χ1) is 14.8. The number of nitrogens with zero attached hydrogens (tertiary/aromatic N) is 4. The van der Waals surface area contributed by atoms with E-state index in [1.54, 1.807) is 19.3 Å². The Morgan fingerprint density at radius 2 is 1.97 bits per heavy atom. The normalized spacial score (nSPS) is 19.9. The Bertz CT molecular complexity index is 1140. The van der Waals surface area contributed by atoms with Crippen LogP contribution in [-0.2, 0) is 17.6 Å². The van der Waals surface area contributed by atoms with Gasteiger partial charge in [0.25, 0.3) is 5.91 Å². The molecule has 2 aliphatic carbocycles. The van der Waals surface area contributed by atoms with Crippen LogP contribution in [-0.4, -0.2) is 43.8 Å². The van der Waals surface area contributed by atoms with Crippen LogP contribution in [0.15, 0.2) is 12.3 Å². The highest BCUT2D eigenvalue weighted by Gasteiger charge is 2.42. The Morgan fingerprint density at radius 1 is 1.19 bits per heavy atom. The molecular formula is C23H29FN6O. The summed E-state index contributed by atoms with van der Waals surface area (Å²) >= 11 is 0. The van der Waals surface area contributed by atoms with Crippen LogP contribution in [0.2, 0.25) is 0 Å². The van der Waals surface area contributed by atoms with Gasteiger partial charge < -0.3 is 9.88 Å². The molecule has 2 N–H and O–H groups in total. The van der Waals surface area contributed by atoms with Crippen LogP contribution in [0.25, 0.3) is 22.7 Å². The maximum Gasteiger partial charge on any atom is 0.264 e. The van der Waals surface area contributed by atoms with Crippen LogP contribution in [0.4, 0.5) is 10.1 Å². The predicted octanol–water partition coefficient (Wildman–Crippen LogP) is 4.50. The number of amides is 1. The van der Waals surface area contributed by atoms with Crippen LogP contribution < -0.4 is 4.90 Å². The summed E-state index contributed by atoms with van der Waals surface area (Å²) in [6, 6.07) is 1.79. The Labute approximate surface area is 180 Å². The number of anilines is 1. The molecule has 0 bridgehead atoms. The number of hydrogen-bond acceptors (Lipinski definition) is 4. The summed E-state index contributed by atoms with van der Waals surface area (Å²) in [5.74, 6) is 0.174. The van der Waals surface area contributed by atoms with Crippen LogP contribution >= 0.6 is 0 Å². The number of aromatic nitrogens is 5. The van der Waals surface area contributed by atoms with Crippen molar-refractivity contribution < 1.29 is 9.18 Å². The molecule has 0 spiro atoms. The first-order valence-electron chi connectivity index (χ1n) is 11.2. The topological polar surface area (TPSA) is 90.6 Å². The predicted molar refractivity (Wildman–Crippen MR) is 118 cm³/mol. The molecule has 3 heterocycles. The highest BCUT2D eigenvalue weighted by atomic mass is 19.1. The van der Waals surface area contributed by atoms with Gasteiger partial charge in [0.1, 0.15) is 11.2 Å². The molecule has 1 fully saturated rings. The molecule has 1 saturated carbocycles. The first-order valence-corrected chi connectivity index (χ1v) is 11.2. The fourth-order valence-corrected chi connectivity index (χ4v) is 4.97. The van der Waals surface area contributed by atoms with Gasteiger partial charge in [-0.05, 0) is 56.4 Å². The van der Waals surface area contributed by atoms with Gasteiger partial charge in [0.05, 0.1) is 11.9 Å². The largest absolute Gasteiger partial charge is 0.321 e. The van der Waals surface area contributed by atoms with Gasteiger partial charge in [0.15, 0.2) is 17.1 Å². The Morgan fingerprint density at radius 3 is 2.74 bits per heavy atom. The zero-order valence-electron chi connectivity index (χ0n) is 18.4. The number of carbonyl (C=O) groups is 1. The number of halogens is 1. The van der Waals surface area contributed by atoms with Crippen LogP contribution in [0.3, 0.4) is 0 Å². The second-order valence-corrected chi connectivity index (χ2v) is 9.91. The molecule has 0 aliphatic heterocycles. The van der Waals surface area contributed by atoms with E-state index >= 15 is 4.39 Å². The first kappa shape index (κ1) is 20.2. The van der Waals surface area contributed by atoms with E-state index in [1.165, 1.54) is 16.2 Å². The minimum absolute atomic E-state index is 0.268. The van der Waals surface area contributed by atoms with E-state index < -0.39 is 11.6 Å². The minimum atomic E-state index is -1.78. The zero-order chi connectivity index (χ0) is 21.8. The average molecular weight is 425 g/mol. The van der Waals surface area contributed by atoms with Crippen molar-refractivity contribution in [3.63, 3.8) is 0 Å². The number of hydrogen-bond donors (Lipinski definition) is 2. The number of pyridine rings is 1. The number of nitrogens with one attached hydrogen (secondary N) is 2. The molecule has 8 heteroatoms. The third kappa shape index (κ3) is 3.51. The van der Waals surface area contributed by atoms with Gasteiger partial charge in [-0.2, -0.15) is 5.10 Å². The van der Waals surface area contributed by atoms with Crippen molar-refractivity contribution in [1.82, 2.24) is 25.1 Å². The number of aromatic amines is 2. The molecule has 164 valence electrons. The van der Waals surface area contributed by atoms with Gasteiger partial charge in [-0.1, -0.05) is 20.3 Å². The number of imidazole rings is 1. The summed E-state index contributed by atoms with van der Waals surface area (Å²) in [5, 5.41) is 7.71. The molecule has 0 saturated heterocycles. The smallest absolute Gasteiger partial charge is 0.264 e. The summed E-state index contributed by atoms with van der Waals surface area (Å²) < 4.78 is 15.2. The molecule has 3 aromatic heterocycles. The van der Waals surface area contributed by atoms with Crippen molar-refractivity contribution in [3.8, 4) is 11.5 Å². The summed E-state index contributed by atoms with van der Waals surface area (Å²) in [7, 11) is 1.61. The van der Waals surface area contributed by atoms with Gasteiger partial charge in [-0.3, -0.25) is 9.89 Å². The molecule has 5 rings (SSSR count). The van der Waals surface area contributed by atoms with Crippen molar-refractivity contribution in [2.75, 3.05) is 11.9 Å². The lowest BCUT2D eigenvalue weighted by atomic mass is 9.76. The van der Waals surface area contributed by atoms with E-state index in [1.807, 2.05) is 0 Å².